The van der Waals surface area contributed by atoms with E-state index in [1.807, 2.05) is 0 Å². The molecule has 0 aromatic heterocycles. The third-order valence-electron chi connectivity index (χ3n) is 3.25. The minimum absolute atomic E-state index is 0.000250. The Balaban J connectivity index is 2.33. The molecule has 1 aliphatic rings. The van der Waals surface area contributed by atoms with Crippen LogP contribution in [-0.2, 0) is 9.53 Å². The summed E-state index contributed by atoms with van der Waals surface area (Å²) in [7, 11) is 1.48. The summed E-state index contributed by atoms with van der Waals surface area (Å²) in [6, 6.07) is -1.43. The lowest BCUT2D eigenvalue weighted by molar-refractivity contribution is -0.139. The van der Waals surface area contributed by atoms with Crippen LogP contribution in [0.4, 0.5) is 4.79 Å². The molecule has 1 saturated carbocycles. The lowest BCUT2D eigenvalue weighted by atomic mass is 9.93. The average molecular weight is 274 g/mol. The number of ether oxygens (including phenoxy) is 1. The number of carbonyl (C=O) groups is 2. The first kappa shape index (κ1) is 15.7. The molecule has 0 aliphatic heterocycles. The van der Waals surface area contributed by atoms with Crippen molar-refractivity contribution in [2.24, 2.45) is 0 Å². The van der Waals surface area contributed by atoms with Crippen molar-refractivity contribution in [3.05, 3.63) is 0 Å². The predicted molar refractivity (Wildman–Crippen MR) is 67.8 cm³/mol. The zero-order valence-corrected chi connectivity index (χ0v) is 11.1. The molecule has 1 rings (SSSR count). The van der Waals surface area contributed by atoms with E-state index in [1.165, 1.54) is 7.11 Å². The molecule has 2 amide bonds. The number of aliphatic hydroxyl groups excluding tert-OH is 1. The summed E-state index contributed by atoms with van der Waals surface area (Å²) in [4.78, 5) is 22.6. The van der Waals surface area contributed by atoms with Crippen molar-refractivity contribution in [2.75, 3.05) is 13.7 Å². The van der Waals surface area contributed by atoms with Gasteiger partial charge in [-0.25, -0.2) is 9.59 Å². The fraction of sp³-hybridized carbons (Fsp3) is 0.833. The summed E-state index contributed by atoms with van der Waals surface area (Å²) in [5.41, 5.74) is 0. The Morgan fingerprint density at radius 2 is 1.95 bits per heavy atom. The summed E-state index contributed by atoms with van der Waals surface area (Å²) in [5.74, 6) is -1.08. The van der Waals surface area contributed by atoms with Gasteiger partial charge in [0.2, 0.25) is 0 Å². The van der Waals surface area contributed by atoms with Gasteiger partial charge in [-0.3, -0.25) is 0 Å². The molecule has 0 radical (unpaired) electrons. The lowest BCUT2D eigenvalue weighted by Gasteiger charge is -2.26. The largest absolute Gasteiger partial charge is 0.480 e. The van der Waals surface area contributed by atoms with Crippen molar-refractivity contribution in [3.63, 3.8) is 0 Å². The van der Waals surface area contributed by atoms with Gasteiger partial charge >= 0.3 is 12.0 Å². The number of hydrogen-bond acceptors (Lipinski definition) is 4. The highest BCUT2D eigenvalue weighted by Gasteiger charge is 2.23. The van der Waals surface area contributed by atoms with E-state index >= 15 is 0 Å². The molecule has 1 atom stereocenters. The summed E-state index contributed by atoms with van der Waals surface area (Å²) < 4.78 is 4.80. The standard InChI is InChI=1S/C12H22N2O5/c1-19-7-6-10(11(16)17)14-12(18)13-8-2-4-9(15)5-3-8/h8-10,15H,2-7H2,1H3,(H,16,17)(H2,13,14,18). The van der Waals surface area contributed by atoms with Crippen LogP contribution in [0.3, 0.4) is 0 Å². The monoisotopic (exact) mass is 274 g/mol. The normalized spacial score (nSPS) is 24.5. The zero-order chi connectivity index (χ0) is 14.3. The first-order valence-corrected chi connectivity index (χ1v) is 6.49. The van der Waals surface area contributed by atoms with Crippen LogP contribution >= 0.6 is 0 Å². The fourth-order valence-corrected chi connectivity index (χ4v) is 2.10. The van der Waals surface area contributed by atoms with Crippen LogP contribution in [0.15, 0.2) is 0 Å². The number of aliphatic carboxylic acids is 1. The number of nitrogens with one attached hydrogen (secondary N) is 2. The first-order chi connectivity index (χ1) is 9.02. The topological polar surface area (TPSA) is 108 Å². The number of amides is 2. The van der Waals surface area contributed by atoms with E-state index in [2.05, 4.69) is 10.6 Å². The lowest BCUT2D eigenvalue weighted by Crippen LogP contribution is -2.50. The van der Waals surface area contributed by atoms with Crippen molar-refractivity contribution in [3.8, 4) is 0 Å². The molecule has 19 heavy (non-hydrogen) atoms. The summed E-state index contributed by atoms with van der Waals surface area (Å²) in [6.45, 7) is 0.271. The Labute approximate surface area is 112 Å². The van der Waals surface area contributed by atoms with Gasteiger partial charge in [0.1, 0.15) is 6.04 Å². The summed E-state index contributed by atoms with van der Waals surface area (Å²) >= 11 is 0. The Kier molecular flexibility index (Phi) is 6.58. The summed E-state index contributed by atoms with van der Waals surface area (Å²) in [5, 5.41) is 23.5. The van der Waals surface area contributed by atoms with Gasteiger partial charge in [0, 0.05) is 26.2 Å². The number of carboxylic acid groups (broad SMARTS) is 1. The highest BCUT2D eigenvalue weighted by Crippen LogP contribution is 2.18. The SMILES string of the molecule is COCCC(NC(=O)NC1CCC(O)CC1)C(=O)O. The number of methoxy groups -OCH3 is 1. The minimum atomic E-state index is -1.08. The van der Waals surface area contributed by atoms with Gasteiger partial charge in [0.15, 0.2) is 0 Å². The van der Waals surface area contributed by atoms with Crippen LogP contribution in [0, 0.1) is 0 Å². The molecule has 1 aliphatic carbocycles. The second kappa shape index (κ2) is 7.96. The molecule has 0 aromatic rings. The second-order valence-corrected chi connectivity index (χ2v) is 4.80. The van der Waals surface area contributed by atoms with Gasteiger partial charge < -0.3 is 25.6 Å². The molecular formula is C12H22N2O5. The van der Waals surface area contributed by atoms with E-state index in [1.54, 1.807) is 0 Å². The van der Waals surface area contributed by atoms with Gasteiger partial charge in [0.25, 0.3) is 0 Å². The molecular weight excluding hydrogens is 252 g/mol. The van der Waals surface area contributed by atoms with Crippen molar-refractivity contribution < 1.29 is 24.5 Å². The van der Waals surface area contributed by atoms with E-state index in [4.69, 9.17) is 9.84 Å². The maximum atomic E-state index is 11.7. The summed E-state index contributed by atoms with van der Waals surface area (Å²) in [6.07, 6.45) is 2.69. The second-order valence-electron chi connectivity index (χ2n) is 4.80. The van der Waals surface area contributed by atoms with Crippen LogP contribution in [0.2, 0.25) is 0 Å². The fourth-order valence-electron chi connectivity index (χ4n) is 2.10. The smallest absolute Gasteiger partial charge is 0.326 e. The maximum absolute atomic E-state index is 11.7. The number of hydrogen-bond donors (Lipinski definition) is 4. The molecule has 7 heteroatoms. The minimum Gasteiger partial charge on any atom is -0.480 e. The number of aliphatic hydroxyl groups is 1. The average Bonchev–Trinajstić information content (AvgIpc) is 2.37. The quantitative estimate of drug-likeness (QED) is 0.548. The molecule has 0 spiro atoms. The van der Waals surface area contributed by atoms with Crippen LogP contribution in [0.5, 0.6) is 0 Å². The Bertz CT molecular complexity index is 302. The van der Waals surface area contributed by atoms with Gasteiger partial charge in [0.05, 0.1) is 6.10 Å². The third-order valence-corrected chi connectivity index (χ3v) is 3.25. The van der Waals surface area contributed by atoms with E-state index in [9.17, 15) is 14.7 Å². The Morgan fingerprint density at radius 1 is 1.32 bits per heavy atom. The van der Waals surface area contributed by atoms with Crippen LogP contribution in [-0.4, -0.2) is 54.1 Å². The molecule has 110 valence electrons. The molecule has 1 unspecified atom stereocenters. The van der Waals surface area contributed by atoms with E-state index in [-0.39, 0.29) is 25.2 Å². The molecule has 4 N–H and O–H groups in total. The van der Waals surface area contributed by atoms with Crippen LogP contribution in [0.25, 0.3) is 0 Å². The van der Waals surface area contributed by atoms with Crippen LogP contribution < -0.4 is 10.6 Å². The highest BCUT2D eigenvalue weighted by atomic mass is 16.5. The number of urea groups is 1. The molecule has 0 aromatic carbocycles. The van der Waals surface area contributed by atoms with E-state index in [0.717, 1.165) is 0 Å². The molecule has 0 heterocycles. The van der Waals surface area contributed by atoms with E-state index < -0.39 is 18.0 Å². The van der Waals surface area contributed by atoms with Gasteiger partial charge in [-0.2, -0.15) is 0 Å². The molecule has 0 saturated heterocycles. The maximum Gasteiger partial charge on any atom is 0.326 e. The highest BCUT2D eigenvalue weighted by molar-refractivity contribution is 5.82. The molecule has 7 nitrogen and oxygen atoms in total. The van der Waals surface area contributed by atoms with Crippen molar-refractivity contribution in [1.82, 2.24) is 10.6 Å². The van der Waals surface area contributed by atoms with Gasteiger partial charge in [-0.1, -0.05) is 0 Å². The van der Waals surface area contributed by atoms with E-state index in [0.29, 0.717) is 25.7 Å². The van der Waals surface area contributed by atoms with Gasteiger partial charge in [-0.05, 0) is 25.7 Å². The Morgan fingerprint density at radius 3 is 2.47 bits per heavy atom. The van der Waals surface area contributed by atoms with Gasteiger partial charge in [-0.15, -0.1) is 0 Å². The van der Waals surface area contributed by atoms with Crippen molar-refractivity contribution in [2.45, 2.75) is 50.3 Å². The van der Waals surface area contributed by atoms with Crippen molar-refractivity contribution >= 4 is 12.0 Å². The predicted octanol–water partition coefficient (Wildman–Crippen LogP) is 0.0788. The van der Waals surface area contributed by atoms with Crippen LogP contribution in [0.1, 0.15) is 32.1 Å². The molecule has 1 fully saturated rings. The Hall–Kier alpha value is -1.34. The number of carbonyl (C=O) groups excluding carboxylic acids is 1. The third kappa shape index (κ3) is 5.89. The van der Waals surface area contributed by atoms with Crippen molar-refractivity contribution in [1.29, 1.82) is 0 Å². The molecule has 0 bridgehead atoms. The first-order valence-electron chi connectivity index (χ1n) is 6.49. The number of rotatable bonds is 6. The zero-order valence-electron chi connectivity index (χ0n) is 11.1. The number of carboxylic acids is 1.